The summed E-state index contributed by atoms with van der Waals surface area (Å²) in [6.07, 6.45) is 2.35. The van der Waals surface area contributed by atoms with Gasteiger partial charge < -0.3 is 19.6 Å². The van der Waals surface area contributed by atoms with Crippen LogP contribution in [0, 0.1) is 0 Å². The molecular weight excluding hydrogens is 400 g/mol. The Kier molecular flexibility index (Phi) is 8.51. The van der Waals surface area contributed by atoms with Gasteiger partial charge in [0.1, 0.15) is 17.8 Å². The molecule has 2 N–H and O–H groups in total. The van der Waals surface area contributed by atoms with E-state index in [2.05, 4.69) is 51.8 Å². The van der Waals surface area contributed by atoms with Gasteiger partial charge in [0.05, 0.1) is 12.3 Å². The predicted octanol–water partition coefficient (Wildman–Crippen LogP) is 6.10. The summed E-state index contributed by atoms with van der Waals surface area (Å²) in [6, 6.07) is 13.7. The van der Waals surface area contributed by atoms with Crippen LogP contribution in [0.3, 0.4) is 0 Å². The fourth-order valence-electron chi connectivity index (χ4n) is 3.25. The molecule has 0 aliphatic carbocycles. The number of hydrogen-bond donors (Lipinski definition) is 2. The lowest BCUT2D eigenvalue weighted by Crippen LogP contribution is -2.17. The summed E-state index contributed by atoms with van der Waals surface area (Å²) < 4.78 is 11.5. The van der Waals surface area contributed by atoms with Gasteiger partial charge in [-0.05, 0) is 49.2 Å². The number of nitrogens with one attached hydrogen (secondary N) is 1. The van der Waals surface area contributed by atoms with Gasteiger partial charge in [-0.3, -0.25) is 0 Å². The number of oxazole rings is 1. The Hall–Kier alpha value is -2.79. The molecule has 174 valence electrons. The molecule has 1 aromatic heterocycles. The Morgan fingerprint density at radius 3 is 1.97 bits per heavy atom. The van der Waals surface area contributed by atoms with Crippen molar-refractivity contribution in [2.75, 3.05) is 20.7 Å². The van der Waals surface area contributed by atoms with Gasteiger partial charge in [0, 0.05) is 23.1 Å². The van der Waals surface area contributed by atoms with Crippen LogP contribution in [0.4, 0.5) is 0 Å². The molecule has 0 fully saturated rings. The van der Waals surface area contributed by atoms with E-state index in [0.717, 1.165) is 28.1 Å². The third kappa shape index (κ3) is 6.86. The summed E-state index contributed by atoms with van der Waals surface area (Å²) in [5.74, 6) is 1.77. The lowest BCUT2D eigenvalue weighted by Gasteiger charge is -2.27. The van der Waals surface area contributed by atoms with Crippen molar-refractivity contribution in [1.82, 2.24) is 10.3 Å². The molecule has 0 saturated carbocycles. The van der Waals surface area contributed by atoms with Crippen LogP contribution in [0.1, 0.15) is 58.4 Å². The standard InChI is InChI=1S/C25H31NO3.C2H7N/c1-24(2,3)20-14-17(15-21(22(20)27)25(4,5)6)23-26-18(16-29-23)12-13-28-19-10-8-7-9-11-19;1-3-2/h7-11,14-16,27H,12-13H2,1-6H3;3H,1-2H3. The molecule has 32 heavy (non-hydrogen) atoms. The van der Waals surface area contributed by atoms with Crippen LogP contribution >= 0.6 is 0 Å². The van der Waals surface area contributed by atoms with Gasteiger partial charge in [-0.1, -0.05) is 59.7 Å². The second kappa shape index (κ2) is 10.7. The summed E-state index contributed by atoms with van der Waals surface area (Å²) in [5.41, 5.74) is 3.13. The second-order valence-electron chi connectivity index (χ2n) is 9.98. The molecule has 0 spiro atoms. The first-order chi connectivity index (χ1) is 15.0. The number of aromatic nitrogens is 1. The van der Waals surface area contributed by atoms with Crippen molar-refractivity contribution in [3.8, 4) is 23.0 Å². The van der Waals surface area contributed by atoms with Crippen molar-refractivity contribution >= 4 is 0 Å². The number of hydrogen-bond acceptors (Lipinski definition) is 5. The Morgan fingerprint density at radius 2 is 1.47 bits per heavy atom. The number of ether oxygens (including phenoxy) is 1. The van der Waals surface area contributed by atoms with Crippen molar-refractivity contribution in [2.45, 2.75) is 58.8 Å². The van der Waals surface area contributed by atoms with Gasteiger partial charge in [0.2, 0.25) is 5.89 Å². The zero-order valence-electron chi connectivity index (χ0n) is 20.7. The third-order valence-electron chi connectivity index (χ3n) is 4.89. The van der Waals surface area contributed by atoms with Crippen LogP contribution in [-0.2, 0) is 17.3 Å². The zero-order chi connectivity index (χ0) is 23.9. The molecule has 1 heterocycles. The van der Waals surface area contributed by atoms with Gasteiger partial charge >= 0.3 is 0 Å². The average Bonchev–Trinajstić information content (AvgIpc) is 3.17. The highest BCUT2D eigenvalue weighted by Crippen LogP contribution is 2.41. The van der Waals surface area contributed by atoms with E-state index in [-0.39, 0.29) is 10.8 Å². The van der Waals surface area contributed by atoms with Crippen molar-refractivity contribution in [2.24, 2.45) is 0 Å². The number of nitrogens with zero attached hydrogens (tertiary/aromatic N) is 1. The first-order valence-corrected chi connectivity index (χ1v) is 11.1. The predicted molar refractivity (Wildman–Crippen MR) is 132 cm³/mol. The summed E-state index contributed by atoms with van der Waals surface area (Å²) in [5, 5.41) is 13.6. The van der Waals surface area contributed by atoms with E-state index in [9.17, 15) is 5.11 Å². The van der Waals surface area contributed by atoms with Gasteiger partial charge in [0.25, 0.3) is 0 Å². The normalized spacial score (nSPS) is 11.6. The summed E-state index contributed by atoms with van der Waals surface area (Å²) in [6.45, 7) is 13.1. The van der Waals surface area contributed by atoms with E-state index in [1.54, 1.807) is 6.26 Å². The smallest absolute Gasteiger partial charge is 0.226 e. The van der Waals surface area contributed by atoms with Crippen LogP contribution in [0.15, 0.2) is 53.1 Å². The molecule has 0 amide bonds. The Morgan fingerprint density at radius 1 is 0.938 bits per heavy atom. The Bertz CT molecular complexity index is 945. The molecule has 5 heteroatoms. The fourth-order valence-corrected chi connectivity index (χ4v) is 3.25. The van der Waals surface area contributed by atoms with Crippen LogP contribution in [-0.4, -0.2) is 30.8 Å². The fraction of sp³-hybridized carbons (Fsp3) is 0.444. The van der Waals surface area contributed by atoms with Gasteiger partial charge in [0.15, 0.2) is 0 Å². The SMILES string of the molecule is CC(C)(C)c1cc(-c2nc(CCOc3ccccc3)co2)cc(C(C)(C)C)c1O.CNC. The van der Waals surface area contributed by atoms with E-state index in [4.69, 9.17) is 9.15 Å². The molecule has 3 aromatic rings. The van der Waals surface area contributed by atoms with Gasteiger partial charge in [-0.15, -0.1) is 0 Å². The molecule has 0 unspecified atom stereocenters. The number of phenols is 1. The largest absolute Gasteiger partial charge is 0.507 e. The summed E-state index contributed by atoms with van der Waals surface area (Å²) >= 11 is 0. The van der Waals surface area contributed by atoms with Crippen molar-refractivity contribution in [3.63, 3.8) is 0 Å². The van der Waals surface area contributed by atoms with E-state index in [1.165, 1.54) is 0 Å². The van der Waals surface area contributed by atoms with E-state index >= 15 is 0 Å². The molecule has 0 saturated heterocycles. The highest BCUT2D eigenvalue weighted by molar-refractivity contribution is 5.63. The molecule has 2 aromatic carbocycles. The third-order valence-corrected chi connectivity index (χ3v) is 4.89. The van der Waals surface area contributed by atoms with Gasteiger partial charge in [-0.2, -0.15) is 0 Å². The van der Waals surface area contributed by atoms with E-state index in [1.807, 2.05) is 56.6 Å². The van der Waals surface area contributed by atoms with Crippen molar-refractivity contribution in [3.05, 3.63) is 65.5 Å². The molecule has 0 aliphatic heterocycles. The number of phenolic OH excluding ortho intramolecular Hbond substituents is 1. The van der Waals surface area contributed by atoms with Crippen LogP contribution < -0.4 is 10.1 Å². The maximum atomic E-state index is 10.9. The maximum Gasteiger partial charge on any atom is 0.226 e. The molecule has 5 nitrogen and oxygen atoms in total. The van der Waals surface area contributed by atoms with Crippen molar-refractivity contribution in [1.29, 1.82) is 0 Å². The van der Waals surface area contributed by atoms with Crippen molar-refractivity contribution < 1.29 is 14.3 Å². The molecule has 0 bridgehead atoms. The minimum Gasteiger partial charge on any atom is -0.507 e. The molecular formula is C27H38N2O3. The summed E-state index contributed by atoms with van der Waals surface area (Å²) in [7, 11) is 3.75. The highest BCUT2D eigenvalue weighted by atomic mass is 16.5. The number of aromatic hydroxyl groups is 1. The minimum atomic E-state index is -0.195. The lowest BCUT2D eigenvalue weighted by atomic mass is 9.78. The average molecular weight is 439 g/mol. The lowest BCUT2D eigenvalue weighted by molar-refractivity contribution is 0.320. The number of benzene rings is 2. The van der Waals surface area contributed by atoms with Crippen LogP contribution in [0.5, 0.6) is 11.5 Å². The molecule has 0 aliphatic rings. The topological polar surface area (TPSA) is 67.5 Å². The minimum absolute atomic E-state index is 0.195. The first kappa shape index (κ1) is 25.5. The van der Waals surface area contributed by atoms with Crippen LogP contribution in [0.25, 0.3) is 11.5 Å². The number of rotatable bonds is 5. The van der Waals surface area contributed by atoms with E-state index < -0.39 is 0 Å². The zero-order valence-corrected chi connectivity index (χ0v) is 20.7. The number of para-hydroxylation sites is 1. The Labute approximate surface area is 192 Å². The monoisotopic (exact) mass is 438 g/mol. The molecule has 3 rings (SSSR count). The van der Waals surface area contributed by atoms with Crippen LogP contribution in [0.2, 0.25) is 0 Å². The van der Waals surface area contributed by atoms with E-state index in [0.29, 0.717) is 24.7 Å². The Balaban J connectivity index is 0.00000114. The van der Waals surface area contributed by atoms with Gasteiger partial charge in [-0.25, -0.2) is 4.98 Å². The first-order valence-electron chi connectivity index (χ1n) is 11.1. The second-order valence-corrected chi connectivity index (χ2v) is 9.98. The highest BCUT2D eigenvalue weighted by Gasteiger charge is 2.27. The molecule has 0 atom stereocenters. The summed E-state index contributed by atoms with van der Waals surface area (Å²) in [4.78, 5) is 4.66. The quantitative estimate of drug-likeness (QED) is 0.504. The molecule has 0 radical (unpaired) electrons. The maximum absolute atomic E-state index is 10.9.